The van der Waals surface area contributed by atoms with Crippen LogP contribution in [0.15, 0.2) is 24.3 Å². The van der Waals surface area contributed by atoms with Gasteiger partial charge in [0.25, 0.3) is 0 Å². The average molecular weight is 286 g/mol. The van der Waals surface area contributed by atoms with Crippen molar-refractivity contribution >= 4 is 5.91 Å². The third kappa shape index (κ3) is 4.77. The van der Waals surface area contributed by atoms with Crippen LogP contribution in [0.5, 0.6) is 5.75 Å². The summed E-state index contributed by atoms with van der Waals surface area (Å²) in [7, 11) is 1.66. The summed E-state index contributed by atoms with van der Waals surface area (Å²) in [6, 6.07) is 5.64. The molecule has 0 saturated heterocycles. The average Bonchev–Trinajstić information content (AvgIpc) is 2.38. The molecule has 0 saturated carbocycles. The summed E-state index contributed by atoms with van der Waals surface area (Å²) in [5.41, 5.74) is 6.62. The number of hydrogen-bond acceptors (Lipinski definition) is 3. The van der Waals surface area contributed by atoms with Crippen LogP contribution in [-0.2, 0) is 11.3 Å². The van der Waals surface area contributed by atoms with Crippen molar-refractivity contribution in [1.29, 1.82) is 0 Å². The zero-order valence-electron chi connectivity index (χ0n) is 11.8. The standard InChI is InChI=1S/C14H20F2N2O2/c1-9(2)12(17)13(19)18(3)8-10-4-6-11(7-5-10)20-14(15)16/h4-7,9,12,14H,8,17H2,1-3H3/t12-/m0/s1. The Bertz CT molecular complexity index is 435. The highest BCUT2D eigenvalue weighted by molar-refractivity contribution is 5.81. The smallest absolute Gasteiger partial charge is 0.387 e. The molecule has 6 heteroatoms. The number of nitrogens with zero attached hydrogens (tertiary/aromatic N) is 1. The summed E-state index contributed by atoms with van der Waals surface area (Å²) in [6.45, 7) is 1.29. The van der Waals surface area contributed by atoms with Gasteiger partial charge >= 0.3 is 6.61 Å². The Kier molecular flexibility index (Phi) is 5.88. The van der Waals surface area contributed by atoms with Gasteiger partial charge < -0.3 is 15.4 Å². The van der Waals surface area contributed by atoms with E-state index >= 15 is 0 Å². The lowest BCUT2D eigenvalue weighted by Crippen LogP contribution is -2.44. The third-order valence-electron chi connectivity index (χ3n) is 2.95. The van der Waals surface area contributed by atoms with Gasteiger partial charge in [-0.1, -0.05) is 26.0 Å². The molecule has 0 fully saturated rings. The van der Waals surface area contributed by atoms with Crippen LogP contribution in [0.25, 0.3) is 0 Å². The van der Waals surface area contributed by atoms with Gasteiger partial charge in [-0.3, -0.25) is 4.79 Å². The molecule has 1 rings (SSSR count). The minimum Gasteiger partial charge on any atom is -0.435 e. The van der Waals surface area contributed by atoms with Gasteiger partial charge in [0, 0.05) is 13.6 Å². The van der Waals surface area contributed by atoms with E-state index in [-0.39, 0.29) is 17.6 Å². The number of halogens is 2. The zero-order chi connectivity index (χ0) is 15.3. The lowest BCUT2D eigenvalue weighted by atomic mass is 10.0. The molecule has 1 aromatic carbocycles. The Morgan fingerprint density at radius 2 is 1.85 bits per heavy atom. The Balaban J connectivity index is 2.62. The monoisotopic (exact) mass is 286 g/mol. The highest BCUT2D eigenvalue weighted by Gasteiger charge is 2.20. The molecule has 1 aromatic rings. The first kappa shape index (κ1) is 16.4. The quantitative estimate of drug-likeness (QED) is 0.872. The molecule has 0 spiro atoms. The van der Waals surface area contributed by atoms with Gasteiger partial charge in [-0.05, 0) is 23.6 Å². The van der Waals surface area contributed by atoms with Crippen molar-refractivity contribution in [2.24, 2.45) is 11.7 Å². The van der Waals surface area contributed by atoms with Crippen molar-refractivity contribution in [3.63, 3.8) is 0 Å². The number of benzene rings is 1. The fourth-order valence-corrected chi connectivity index (χ4v) is 1.67. The molecule has 1 atom stereocenters. The first-order chi connectivity index (χ1) is 9.31. The first-order valence-electron chi connectivity index (χ1n) is 6.35. The molecule has 0 aliphatic heterocycles. The minimum atomic E-state index is -2.84. The predicted molar refractivity (Wildman–Crippen MR) is 72.4 cm³/mol. The van der Waals surface area contributed by atoms with Gasteiger partial charge in [0.15, 0.2) is 0 Å². The van der Waals surface area contributed by atoms with Gasteiger partial charge in [0.2, 0.25) is 5.91 Å². The minimum absolute atomic E-state index is 0.0618. The van der Waals surface area contributed by atoms with Crippen molar-refractivity contribution < 1.29 is 18.3 Å². The maximum atomic E-state index is 12.0. The fourth-order valence-electron chi connectivity index (χ4n) is 1.67. The van der Waals surface area contributed by atoms with Crippen molar-refractivity contribution in [3.05, 3.63) is 29.8 Å². The van der Waals surface area contributed by atoms with E-state index in [1.807, 2.05) is 13.8 Å². The maximum absolute atomic E-state index is 12.0. The van der Waals surface area contributed by atoms with Crippen LogP contribution in [0.4, 0.5) is 8.78 Å². The number of carbonyl (C=O) groups excluding carboxylic acids is 1. The predicted octanol–water partition coefficient (Wildman–Crippen LogP) is 2.23. The molecule has 4 nitrogen and oxygen atoms in total. The van der Waals surface area contributed by atoms with Gasteiger partial charge in [-0.2, -0.15) is 8.78 Å². The molecule has 0 heterocycles. The van der Waals surface area contributed by atoms with Crippen LogP contribution < -0.4 is 10.5 Å². The number of hydrogen-bond donors (Lipinski definition) is 1. The van der Waals surface area contributed by atoms with E-state index in [4.69, 9.17) is 5.73 Å². The number of carbonyl (C=O) groups is 1. The Labute approximate surface area is 117 Å². The largest absolute Gasteiger partial charge is 0.435 e. The Morgan fingerprint density at radius 3 is 2.30 bits per heavy atom. The highest BCUT2D eigenvalue weighted by Crippen LogP contribution is 2.16. The fraction of sp³-hybridized carbons (Fsp3) is 0.500. The zero-order valence-corrected chi connectivity index (χ0v) is 11.8. The van der Waals surface area contributed by atoms with E-state index in [1.54, 1.807) is 19.2 Å². The van der Waals surface area contributed by atoms with Crippen molar-refractivity contribution in [2.45, 2.75) is 33.0 Å². The second-order valence-electron chi connectivity index (χ2n) is 4.99. The lowest BCUT2D eigenvalue weighted by molar-refractivity contribution is -0.132. The van der Waals surface area contributed by atoms with Crippen LogP contribution >= 0.6 is 0 Å². The second kappa shape index (κ2) is 7.19. The van der Waals surface area contributed by atoms with E-state index in [0.29, 0.717) is 6.54 Å². The summed E-state index contributed by atoms with van der Waals surface area (Å²) >= 11 is 0. The SMILES string of the molecule is CC(C)[C@H](N)C(=O)N(C)Cc1ccc(OC(F)F)cc1. The van der Waals surface area contributed by atoms with Gasteiger partial charge in [-0.25, -0.2) is 0 Å². The van der Waals surface area contributed by atoms with Gasteiger partial charge in [0.1, 0.15) is 5.75 Å². The summed E-state index contributed by atoms with van der Waals surface area (Å²) in [5.74, 6) is 0.0105. The van der Waals surface area contributed by atoms with Crippen LogP contribution in [-0.4, -0.2) is 30.5 Å². The Morgan fingerprint density at radius 1 is 1.30 bits per heavy atom. The number of amides is 1. The highest BCUT2D eigenvalue weighted by atomic mass is 19.3. The lowest BCUT2D eigenvalue weighted by Gasteiger charge is -2.23. The summed E-state index contributed by atoms with van der Waals surface area (Å²) in [4.78, 5) is 13.5. The van der Waals surface area contributed by atoms with Crippen LogP contribution in [0.3, 0.4) is 0 Å². The molecule has 0 aliphatic carbocycles. The summed E-state index contributed by atoms with van der Waals surface area (Å²) in [6.07, 6.45) is 0. The molecule has 2 N–H and O–H groups in total. The number of alkyl halides is 2. The van der Waals surface area contributed by atoms with Gasteiger partial charge in [-0.15, -0.1) is 0 Å². The molecular weight excluding hydrogens is 266 g/mol. The molecule has 0 aliphatic rings. The number of ether oxygens (including phenoxy) is 1. The molecule has 0 radical (unpaired) electrons. The first-order valence-corrected chi connectivity index (χ1v) is 6.35. The van der Waals surface area contributed by atoms with E-state index < -0.39 is 12.7 Å². The number of likely N-dealkylation sites (N-methyl/N-ethyl adjacent to an activating group) is 1. The molecular formula is C14H20F2N2O2. The summed E-state index contributed by atoms with van der Waals surface area (Å²) < 4.78 is 28.3. The van der Waals surface area contributed by atoms with E-state index in [1.165, 1.54) is 17.0 Å². The topological polar surface area (TPSA) is 55.6 Å². The van der Waals surface area contributed by atoms with E-state index in [9.17, 15) is 13.6 Å². The van der Waals surface area contributed by atoms with Gasteiger partial charge in [0.05, 0.1) is 6.04 Å². The molecule has 1 amide bonds. The molecule has 20 heavy (non-hydrogen) atoms. The Hall–Kier alpha value is -1.69. The molecule has 0 aromatic heterocycles. The van der Waals surface area contributed by atoms with Crippen molar-refractivity contribution in [2.75, 3.05) is 7.05 Å². The molecule has 0 bridgehead atoms. The van der Waals surface area contributed by atoms with E-state index in [2.05, 4.69) is 4.74 Å². The van der Waals surface area contributed by atoms with Crippen LogP contribution in [0.1, 0.15) is 19.4 Å². The van der Waals surface area contributed by atoms with E-state index in [0.717, 1.165) is 5.56 Å². The number of rotatable bonds is 6. The van der Waals surface area contributed by atoms with Crippen molar-refractivity contribution in [3.8, 4) is 5.75 Å². The summed E-state index contributed by atoms with van der Waals surface area (Å²) in [5, 5.41) is 0. The normalized spacial score (nSPS) is 12.6. The molecule has 112 valence electrons. The second-order valence-corrected chi connectivity index (χ2v) is 4.99. The number of nitrogens with two attached hydrogens (primary N) is 1. The molecule has 0 unspecified atom stereocenters. The van der Waals surface area contributed by atoms with Crippen molar-refractivity contribution in [1.82, 2.24) is 4.90 Å². The third-order valence-corrected chi connectivity index (χ3v) is 2.95. The van der Waals surface area contributed by atoms with Crippen LogP contribution in [0, 0.1) is 5.92 Å². The van der Waals surface area contributed by atoms with Crippen LogP contribution in [0.2, 0.25) is 0 Å². The maximum Gasteiger partial charge on any atom is 0.387 e.